The van der Waals surface area contributed by atoms with Crippen LogP contribution in [0.3, 0.4) is 0 Å². The predicted octanol–water partition coefficient (Wildman–Crippen LogP) is -2.54. The van der Waals surface area contributed by atoms with Gasteiger partial charge in [0.2, 0.25) is 0 Å². The highest BCUT2D eigenvalue weighted by Crippen LogP contribution is 2.24. The third-order valence-corrected chi connectivity index (χ3v) is 4.73. The molecule has 0 bridgehead atoms. The zero-order chi connectivity index (χ0) is 10.9. The van der Waals surface area contributed by atoms with Gasteiger partial charge in [-0.15, -0.1) is 8.99 Å². The molecule has 0 aromatic carbocycles. The summed E-state index contributed by atoms with van der Waals surface area (Å²) in [6, 6.07) is 0. The minimum absolute atomic E-state index is 1.29. The molecule has 10 nitrogen and oxygen atoms in total. The molecule has 0 fully saturated rings. The molecule has 0 radical (unpaired) electrons. The first-order valence-electron chi connectivity index (χ1n) is 2.59. The fourth-order valence-corrected chi connectivity index (χ4v) is 3.93. The summed E-state index contributed by atoms with van der Waals surface area (Å²) in [5.74, 6) is 0. The summed E-state index contributed by atoms with van der Waals surface area (Å²) in [7, 11) is -12.4. The number of nitrogens with one attached hydrogen (secondary N) is 2. The summed E-state index contributed by atoms with van der Waals surface area (Å²) >= 11 is 0. The van der Waals surface area contributed by atoms with Crippen LogP contribution < -0.4 is 31.0 Å². The third kappa shape index (κ3) is 8.50. The monoisotopic (exact) mass is 252 g/mol. The van der Waals surface area contributed by atoms with Crippen molar-refractivity contribution in [3.05, 3.63) is 0 Å². The van der Waals surface area contributed by atoms with Gasteiger partial charge in [0.25, 0.3) is 25.4 Å². The Morgan fingerprint density at radius 3 is 1.23 bits per heavy atom. The van der Waals surface area contributed by atoms with Gasteiger partial charge in [-0.05, 0) is 0 Å². The fourth-order valence-electron chi connectivity index (χ4n) is 0.396. The Hall–Kier alpha value is 0.170. The summed E-state index contributed by atoms with van der Waals surface area (Å²) in [5.41, 5.74) is 18.7. The Morgan fingerprint density at radius 1 is 0.846 bits per heavy atom. The van der Waals surface area contributed by atoms with Crippen molar-refractivity contribution < 1.29 is 17.5 Å². The number of rotatable bonds is 4. The lowest BCUT2D eigenvalue weighted by Crippen LogP contribution is -2.39. The maximum absolute atomic E-state index is 10.8. The van der Waals surface area contributed by atoms with Crippen molar-refractivity contribution in [2.45, 2.75) is 0 Å². The average molecular weight is 252 g/mol. The molecule has 10 N–H and O–H groups in total. The summed E-state index contributed by atoms with van der Waals surface area (Å²) in [4.78, 5) is 0. The van der Waals surface area contributed by atoms with E-state index in [9.17, 15) is 17.5 Å². The van der Waals surface area contributed by atoms with E-state index in [1.165, 1.54) is 8.99 Å². The van der Waals surface area contributed by atoms with Crippen LogP contribution >= 0.6 is 15.2 Å². The standard InChI is InChI=1S/H10N6O4P2S/c1-11(2,7)5-13(9,10)6-12(3,4)8/h(H5,1,2,5,7)(H5,3,4,6,8). The van der Waals surface area contributed by atoms with Crippen molar-refractivity contribution in [3.63, 3.8) is 0 Å². The minimum Gasteiger partial charge on any atom is -0.270 e. The van der Waals surface area contributed by atoms with E-state index in [1.807, 2.05) is 0 Å². The number of hydrogen-bond donors (Lipinski definition) is 6. The van der Waals surface area contributed by atoms with Gasteiger partial charge in [-0.25, -0.2) is 0 Å². The van der Waals surface area contributed by atoms with E-state index in [0.717, 1.165) is 0 Å². The van der Waals surface area contributed by atoms with E-state index >= 15 is 0 Å². The SMILES string of the molecule is NP(N)(=O)NS(=O)(=O)NP(N)(N)=O. The number of hydrogen-bond acceptors (Lipinski definition) is 4. The maximum atomic E-state index is 10.8. The second-order valence-electron chi connectivity index (χ2n) is 2.10. The quantitative estimate of drug-likeness (QED) is 0.294. The van der Waals surface area contributed by atoms with E-state index in [1.54, 1.807) is 0 Å². The molecule has 0 saturated carbocycles. The topological polar surface area (TPSA) is 196 Å². The molecule has 0 aromatic rings. The summed E-state index contributed by atoms with van der Waals surface area (Å²) in [6.45, 7) is 0. The Kier molecular flexibility index (Phi) is 3.78. The smallest absolute Gasteiger partial charge is 0.270 e. The van der Waals surface area contributed by atoms with Crippen molar-refractivity contribution in [3.8, 4) is 0 Å². The van der Waals surface area contributed by atoms with Crippen LogP contribution in [-0.4, -0.2) is 8.42 Å². The second kappa shape index (κ2) is 3.73. The van der Waals surface area contributed by atoms with Crippen LogP contribution in [0.4, 0.5) is 0 Å². The van der Waals surface area contributed by atoms with Crippen molar-refractivity contribution >= 4 is 25.4 Å². The highest BCUT2D eigenvalue weighted by atomic mass is 32.2. The molecule has 0 atom stereocenters. The normalized spacial score (nSPS) is 14.5. The van der Waals surface area contributed by atoms with Gasteiger partial charge < -0.3 is 0 Å². The Morgan fingerprint density at radius 2 is 1.08 bits per heavy atom. The molecule has 0 spiro atoms. The molecule has 0 rings (SSSR count). The van der Waals surface area contributed by atoms with Gasteiger partial charge in [0, 0.05) is 0 Å². The highest BCUT2D eigenvalue weighted by Gasteiger charge is 2.24. The molecular weight excluding hydrogens is 242 g/mol. The average Bonchev–Trinajstić information content (AvgIpc) is 1.43. The molecular formula is H10N6O4P2S. The molecule has 0 heterocycles. The zero-order valence-corrected chi connectivity index (χ0v) is 8.85. The van der Waals surface area contributed by atoms with E-state index < -0.39 is 25.4 Å². The molecule has 80 valence electrons. The molecule has 0 aliphatic rings. The molecule has 13 heteroatoms. The van der Waals surface area contributed by atoms with Gasteiger partial charge >= 0.3 is 0 Å². The molecule has 13 heavy (non-hydrogen) atoms. The maximum Gasteiger partial charge on any atom is 0.292 e. The molecule has 0 aliphatic heterocycles. The van der Waals surface area contributed by atoms with Gasteiger partial charge in [0.15, 0.2) is 0 Å². The van der Waals surface area contributed by atoms with Crippen LogP contribution in [0.5, 0.6) is 0 Å². The zero-order valence-electron chi connectivity index (χ0n) is 6.25. The van der Waals surface area contributed by atoms with Crippen LogP contribution in [0, 0.1) is 0 Å². The Bertz CT molecular complexity index is 328. The predicted molar refractivity (Wildman–Crippen MR) is 47.2 cm³/mol. The van der Waals surface area contributed by atoms with Gasteiger partial charge in [-0.2, -0.15) is 8.42 Å². The summed E-state index contributed by atoms with van der Waals surface area (Å²) in [5, 5.41) is 0. The van der Waals surface area contributed by atoms with Gasteiger partial charge in [0.1, 0.15) is 0 Å². The number of nitrogens with two attached hydrogens (primary N) is 4. The Balaban J connectivity index is 4.65. The molecule has 0 aromatic heterocycles. The van der Waals surface area contributed by atoms with Crippen molar-refractivity contribution in [1.29, 1.82) is 0 Å². The van der Waals surface area contributed by atoms with Crippen molar-refractivity contribution in [2.24, 2.45) is 22.0 Å². The van der Waals surface area contributed by atoms with E-state index in [2.05, 4.69) is 22.0 Å². The van der Waals surface area contributed by atoms with Crippen LogP contribution in [0.25, 0.3) is 0 Å². The second-order valence-corrected chi connectivity index (χ2v) is 7.41. The lowest BCUT2D eigenvalue weighted by molar-refractivity contribution is 0.560. The van der Waals surface area contributed by atoms with E-state index in [0.29, 0.717) is 0 Å². The van der Waals surface area contributed by atoms with Crippen LogP contribution in [0.15, 0.2) is 0 Å². The lowest BCUT2D eigenvalue weighted by atomic mass is 13.8. The van der Waals surface area contributed by atoms with Crippen LogP contribution in [0.1, 0.15) is 0 Å². The summed E-state index contributed by atoms with van der Waals surface area (Å²) in [6.07, 6.45) is 0. The van der Waals surface area contributed by atoms with Crippen LogP contribution in [-0.2, 0) is 19.3 Å². The van der Waals surface area contributed by atoms with Gasteiger partial charge in [-0.1, -0.05) is 0 Å². The van der Waals surface area contributed by atoms with Gasteiger partial charge in [0.05, 0.1) is 0 Å². The van der Waals surface area contributed by atoms with Crippen LogP contribution in [0.2, 0.25) is 0 Å². The largest absolute Gasteiger partial charge is 0.292 e. The highest BCUT2D eigenvalue weighted by molar-refractivity contribution is 7.98. The first-order chi connectivity index (χ1) is 5.41. The Labute approximate surface area is 74.6 Å². The van der Waals surface area contributed by atoms with E-state index in [-0.39, 0.29) is 0 Å². The third-order valence-electron chi connectivity index (χ3n) is 0.526. The van der Waals surface area contributed by atoms with Crippen molar-refractivity contribution in [2.75, 3.05) is 0 Å². The molecule has 0 aliphatic carbocycles. The van der Waals surface area contributed by atoms with Gasteiger partial charge in [-0.3, -0.25) is 31.1 Å². The van der Waals surface area contributed by atoms with Crippen molar-refractivity contribution in [1.82, 2.24) is 8.99 Å². The summed E-state index contributed by atoms with van der Waals surface area (Å²) < 4.78 is 45.3. The van der Waals surface area contributed by atoms with E-state index in [4.69, 9.17) is 0 Å². The lowest BCUT2D eigenvalue weighted by Gasteiger charge is -2.12. The first-order valence-corrected chi connectivity index (χ1v) is 7.76. The molecule has 0 saturated heterocycles. The fraction of sp³-hybridized carbons (Fsp3) is 0. The minimum atomic E-state index is -4.42. The molecule has 0 unspecified atom stereocenters. The first kappa shape index (κ1) is 13.2. The molecule has 0 amide bonds.